The number of nitriles is 1. The van der Waals surface area contributed by atoms with Gasteiger partial charge in [0.05, 0.1) is 46.6 Å². The van der Waals surface area contributed by atoms with E-state index in [-0.39, 0.29) is 59.5 Å². The first-order valence-electron chi connectivity index (χ1n) is 14.3. The molecule has 0 aliphatic rings. The van der Waals surface area contributed by atoms with E-state index in [1.807, 2.05) is 6.07 Å². The van der Waals surface area contributed by atoms with E-state index in [9.17, 15) is 43.5 Å². The molecule has 0 radical (unpaired) electrons. The number of aromatic nitrogens is 1. The molecule has 0 spiro atoms. The lowest BCUT2D eigenvalue weighted by atomic mass is 10.1. The van der Waals surface area contributed by atoms with Crippen molar-refractivity contribution in [1.29, 1.82) is 5.26 Å². The van der Waals surface area contributed by atoms with Gasteiger partial charge in [0.2, 0.25) is 0 Å². The fraction of sp³-hybridized carbons (Fsp3) is 0.280. The van der Waals surface area contributed by atoms with Gasteiger partial charge in [-0.2, -0.15) is 40.7 Å². The lowest BCUT2D eigenvalue weighted by Gasteiger charge is -2.15. The van der Waals surface area contributed by atoms with Crippen LogP contribution in [0.1, 0.15) is 11.1 Å². The minimum atomic E-state index is -4.99. The van der Waals surface area contributed by atoms with E-state index in [2.05, 4.69) is 49.6 Å². The molecule has 3 aromatic rings. The summed E-state index contributed by atoms with van der Waals surface area (Å²) in [6, 6.07) is 9.70. The van der Waals surface area contributed by atoms with Gasteiger partial charge in [-0.3, -0.25) is 17.8 Å². The summed E-state index contributed by atoms with van der Waals surface area (Å²) in [6.07, 6.45) is 0. The number of hydrogen-bond donors (Lipinski definition) is 6. The Hall–Kier alpha value is -4.29. The summed E-state index contributed by atoms with van der Waals surface area (Å²) < 4.78 is 134. The maximum absolute atomic E-state index is 12.4. The summed E-state index contributed by atoms with van der Waals surface area (Å²) in [4.78, 5) is 3.11. The summed E-state index contributed by atoms with van der Waals surface area (Å²) in [5, 5.41) is 42.7. The van der Waals surface area contributed by atoms with Crippen LogP contribution in [0.3, 0.4) is 0 Å². The number of azo groups is 2. The molecule has 54 heavy (non-hydrogen) atoms. The molecule has 0 unspecified atom stereocenters. The molecular weight excluding hydrogens is 829 g/mol. The molecule has 0 saturated heterocycles. The lowest BCUT2D eigenvalue weighted by Crippen LogP contribution is -2.22. The smallest absolute Gasteiger partial charge is 0.367 e. The molecule has 0 saturated carbocycles. The lowest BCUT2D eigenvalue weighted by molar-refractivity contribution is -0.434. The third-order valence-electron chi connectivity index (χ3n) is 6.34. The second-order valence-corrected chi connectivity index (χ2v) is 16.8. The topological polar surface area (TPSA) is 365 Å². The predicted octanol–water partition coefficient (Wildman–Crippen LogP) is 3.64. The highest BCUT2D eigenvalue weighted by atomic mass is 32.3. The SMILES string of the molecule is Cc1c(C#N)c(NCCOSOOO)nc(NCCS(=O)(=O)CCOS(=O)(=O)O)c1/N=N/c1ccc(/N=N/c2ccc(S(=O)(=O)O)cc2)cc1S(=O)(=O)O. The number of benzene rings is 2. The summed E-state index contributed by atoms with van der Waals surface area (Å²) in [6.45, 7) is 0.105. The molecule has 0 amide bonds. The van der Waals surface area contributed by atoms with Crippen molar-refractivity contribution >= 4 is 87.2 Å². The molecule has 0 fully saturated rings. The van der Waals surface area contributed by atoms with E-state index in [1.54, 1.807) is 0 Å². The van der Waals surface area contributed by atoms with Gasteiger partial charge in [-0.05, 0) is 49.4 Å². The Morgan fingerprint density at radius 3 is 2.07 bits per heavy atom. The number of anilines is 2. The van der Waals surface area contributed by atoms with Gasteiger partial charge in [0.15, 0.2) is 28.0 Å². The molecule has 0 bridgehead atoms. The fourth-order valence-corrected chi connectivity index (χ4v) is 6.63. The average Bonchev–Trinajstić information content (AvgIpc) is 3.07. The molecule has 2 aromatic carbocycles. The van der Waals surface area contributed by atoms with E-state index < -0.39 is 74.1 Å². The van der Waals surface area contributed by atoms with Crippen molar-refractivity contribution in [2.75, 3.05) is 48.4 Å². The molecule has 24 nitrogen and oxygen atoms in total. The maximum Gasteiger partial charge on any atom is 0.397 e. The zero-order chi connectivity index (χ0) is 40.2. The number of sulfone groups is 1. The third kappa shape index (κ3) is 14.2. The second-order valence-electron chi connectivity index (χ2n) is 10.1. The van der Waals surface area contributed by atoms with Gasteiger partial charge in [0.25, 0.3) is 20.2 Å². The Morgan fingerprint density at radius 2 is 1.46 bits per heavy atom. The first-order chi connectivity index (χ1) is 25.2. The molecule has 0 aliphatic carbocycles. The summed E-state index contributed by atoms with van der Waals surface area (Å²) in [5.41, 5.74) is -0.569. The highest BCUT2D eigenvalue weighted by Gasteiger charge is 2.21. The Morgan fingerprint density at radius 1 is 0.815 bits per heavy atom. The number of nitrogens with zero attached hydrogens (tertiary/aromatic N) is 6. The van der Waals surface area contributed by atoms with Crippen LogP contribution in [-0.2, 0) is 58.2 Å². The fourth-order valence-electron chi connectivity index (χ4n) is 3.93. The summed E-state index contributed by atoms with van der Waals surface area (Å²) in [7, 11) is -18.3. The van der Waals surface area contributed by atoms with Crippen LogP contribution in [0.15, 0.2) is 72.7 Å². The second kappa shape index (κ2) is 19.3. The zero-order valence-corrected chi connectivity index (χ0v) is 31.3. The largest absolute Gasteiger partial charge is 0.397 e. The Labute approximate surface area is 311 Å². The molecule has 0 atom stereocenters. The monoisotopic (exact) mass is 856 g/mol. The van der Waals surface area contributed by atoms with Crippen LogP contribution >= 0.6 is 12.3 Å². The maximum atomic E-state index is 12.4. The molecule has 3 rings (SSSR count). The van der Waals surface area contributed by atoms with Gasteiger partial charge < -0.3 is 10.6 Å². The van der Waals surface area contributed by atoms with Crippen LogP contribution in [0.4, 0.5) is 34.4 Å². The van der Waals surface area contributed by atoms with Crippen molar-refractivity contribution in [3.8, 4) is 6.07 Å². The normalized spacial score (nSPS) is 12.7. The van der Waals surface area contributed by atoms with Gasteiger partial charge in [-0.15, -0.1) is 14.6 Å². The zero-order valence-electron chi connectivity index (χ0n) is 27.2. The molecular formula is C25H28N8O16S5. The van der Waals surface area contributed by atoms with Crippen LogP contribution in [-0.4, -0.2) is 95.4 Å². The van der Waals surface area contributed by atoms with Crippen LogP contribution < -0.4 is 10.6 Å². The summed E-state index contributed by atoms with van der Waals surface area (Å²) in [5.74, 6) is -1.62. The Balaban J connectivity index is 1.97. The molecule has 1 aromatic heterocycles. The van der Waals surface area contributed by atoms with E-state index in [1.165, 1.54) is 25.1 Å². The Kier molecular flexibility index (Phi) is 15.8. The van der Waals surface area contributed by atoms with Crippen LogP contribution in [0.5, 0.6) is 0 Å². The highest BCUT2D eigenvalue weighted by Crippen LogP contribution is 2.37. The standard InChI is InChI=1S/C25H28N8O16S5/c1-16-20(15-26)24(27-8-10-46-50-49-48-34)29-25(28-9-12-51(35,36)13-11-47-54(43,44)45)23(16)33-32-21-7-4-18(14-22(21)53(40,41)42)31-30-17-2-5-19(6-3-17)52(37,38)39/h2-7,14,34H,8-13H2,1H3,(H2,27,28,29)(H,37,38,39)(H,40,41,42)(H,43,44,45)/b31-30+,33-32+. The van der Waals surface area contributed by atoms with Crippen LogP contribution in [0.25, 0.3) is 0 Å². The summed E-state index contributed by atoms with van der Waals surface area (Å²) >= 11 is 0.290. The molecule has 6 N–H and O–H groups in total. The van der Waals surface area contributed by atoms with Crippen molar-refractivity contribution in [3.63, 3.8) is 0 Å². The first-order valence-corrected chi connectivity index (χ1v) is 21.0. The predicted molar refractivity (Wildman–Crippen MR) is 186 cm³/mol. The molecule has 1 heterocycles. The number of pyridine rings is 1. The van der Waals surface area contributed by atoms with Crippen LogP contribution in [0, 0.1) is 18.3 Å². The van der Waals surface area contributed by atoms with Gasteiger partial charge in [0, 0.05) is 18.7 Å². The van der Waals surface area contributed by atoms with Crippen LogP contribution in [0.2, 0.25) is 0 Å². The van der Waals surface area contributed by atoms with Crippen molar-refractivity contribution in [3.05, 3.63) is 53.6 Å². The molecule has 29 heteroatoms. The average molecular weight is 857 g/mol. The number of rotatable bonds is 21. The van der Waals surface area contributed by atoms with Crippen molar-refractivity contribution in [2.24, 2.45) is 20.5 Å². The number of hydrogen-bond acceptors (Lipinski definition) is 22. The minimum Gasteiger partial charge on any atom is -0.367 e. The minimum absolute atomic E-state index is 0.00262. The van der Waals surface area contributed by atoms with E-state index in [0.717, 1.165) is 24.3 Å². The Bertz CT molecular complexity index is 2350. The van der Waals surface area contributed by atoms with Gasteiger partial charge in [-0.25, -0.2) is 22.8 Å². The van der Waals surface area contributed by atoms with E-state index in [4.69, 9.17) is 18.5 Å². The number of nitrogens with one attached hydrogen (secondary N) is 2. The van der Waals surface area contributed by atoms with Gasteiger partial charge >= 0.3 is 10.4 Å². The van der Waals surface area contributed by atoms with E-state index >= 15 is 0 Å². The first kappa shape index (κ1) is 44.1. The van der Waals surface area contributed by atoms with Gasteiger partial charge in [-0.1, -0.05) is 5.04 Å². The quantitative estimate of drug-likeness (QED) is 0.0222. The highest BCUT2D eigenvalue weighted by molar-refractivity contribution is 7.91. The third-order valence-corrected chi connectivity index (χ3v) is 10.5. The van der Waals surface area contributed by atoms with Crippen molar-refractivity contribution < 1.29 is 70.3 Å². The molecule has 0 aliphatic heterocycles. The molecule has 294 valence electrons. The van der Waals surface area contributed by atoms with E-state index in [0.29, 0.717) is 12.3 Å². The van der Waals surface area contributed by atoms with Gasteiger partial charge in [0.1, 0.15) is 28.2 Å². The van der Waals surface area contributed by atoms with Crippen molar-refractivity contribution in [2.45, 2.75) is 16.7 Å². The van der Waals surface area contributed by atoms with Crippen molar-refractivity contribution in [1.82, 2.24) is 4.98 Å².